The Morgan fingerprint density at radius 1 is 1.19 bits per heavy atom. The van der Waals surface area contributed by atoms with Gasteiger partial charge < -0.3 is 9.50 Å². The molecule has 0 atom stereocenters. The Morgan fingerprint density at radius 3 is 2.65 bits per heavy atom. The average Bonchev–Trinajstić information content (AvgIpc) is 2.75. The Balaban J connectivity index is 1.90. The van der Waals surface area contributed by atoms with Gasteiger partial charge in [0.15, 0.2) is 0 Å². The highest BCUT2D eigenvalue weighted by atomic mass is 32.2. The number of halogens is 3. The van der Waals surface area contributed by atoms with E-state index in [0.29, 0.717) is 22.9 Å². The minimum absolute atomic E-state index is 0.170. The van der Waals surface area contributed by atoms with Gasteiger partial charge in [-0.15, -0.1) is 0 Å². The van der Waals surface area contributed by atoms with Crippen LogP contribution < -0.4 is 9.50 Å². The Bertz CT molecular complexity index is 1180. The van der Waals surface area contributed by atoms with Gasteiger partial charge in [0.25, 0.3) is 5.91 Å². The zero-order valence-corrected chi connectivity index (χ0v) is 17.1. The van der Waals surface area contributed by atoms with Crippen molar-refractivity contribution in [3.63, 3.8) is 0 Å². The van der Waals surface area contributed by atoms with Gasteiger partial charge in [-0.2, -0.15) is 18.4 Å². The number of carbonyl (C=O) groups is 1. The summed E-state index contributed by atoms with van der Waals surface area (Å²) in [5, 5.41) is 11.9. The summed E-state index contributed by atoms with van der Waals surface area (Å²) < 4.78 is 43.8. The molecule has 0 fully saturated rings. The Hall–Kier alpha value is -3.58. The summed E-state index contributed by atoms with van der Waals surface area (Å²) in [4.78, 5) is 19.9. The molecule has 3 rings (SSSR count). The smallest absolute Gasteiger partial charge is 0.405 e. The second kappa shape index (κ2) is 9.06. The zero-order chi connectivity index (χ0) is 22.6. The highest BCUT2D eigenvalue weighted by molar-refractivity contribution is 7.94. The predicted octanol–water partition coefficient (Wildman–Crippen LogP) is 5.25. The van der Waals surface area contributed by atoms with Crippen molar-refractivity contribution in [2.24, 2.45) is 0 Å². The number of nitrogens with one attached hydrogen (secondary N) is 1. The number of benzene rings is 1. The van der Waals surface area contributed by atoms with E-state index in [-0.39, 0.29) is 17.0 Å². The summed E-state index contributed by atoms with van der Waals surface area (Å²) in [6.07, 6.45) is -0.469. The SMILES string of the molecule is CSOc1ncc(-c2cc(NC(=O)c3ccnc(C(F)(F)F)c3)ccc2C)cc1C#N. The van der Waals surface area contributed by atoms with E-state index in [1.807, 2.05) is 13.0 Å². The maximum absolute atomic E-state index is 12.8. The zero-order valence-electron chi connectivity index (χ0n) is 16.3. The minimum atomic E-state index is -4.65. The van der Waals surface area contributed by atoms with E-state index < -0.39 is 17.8 Å². The first kappa shape index (κ1) is 22.1. The summed E-state index contributed by atoms with van der Waals surface area (Å²) in [7, 11) is 0. The largest absolute Gasteiger partial charge is 0.433 e. The Kier molecular flexibility index (Phi) is 6.46. The van der Waals surface area contributed by atoms with E-state index in [9.17, 15) is 23.2 Å². The lowest BCUT2D eigenvalue weighted by atomic mass is 10.00. The molecule has 0 saturated carbocycles. The van der Waals surface area contributed by atoms with E-state index in [1.165, 1.54) is 6.07 Å². The van der Waals surface area contributed by atoms with Crippen LogP contribution in [0.15, 0.2) is 48.8 Å². The van der Waals surface area contributed by atoms with Crippen molar-refractivity contribution in [1.82, 2.24) is 9.97 Å². The number of nitriles is 1. The van der Waals surface area contributed by atoms with Crippen molar-refractivity contribution in [3.05, 3.63) is 71.2 Å². The van der Waals surface area contributed by atoms with Crippen molar-refractivity contribution in [3.8, 4) is 23.1 Å². The molecular formula is C21H15F3N4O2S. The number of nitrogens with zero attached hydrogens (tertiary/aromatic N) is 3. The molecular weight excluding hydrogens is 429 g/mol. The van der Waals surface area contributed by atoms with Crippen molar-refractivity contribution >= 4 is 23.6 Å². The van der Waals surface area contributed by atoms with E-state index in [0.717, 1.165) is 23.8 Å². The van der Waals surface area contributed by atoms with Gasteiger partial charge in [0.05, 0.1) is 12.0 Å². The second-order valence-electron chi connectivity index (χ2n) is 6.35. The molecule has 6 nitrogen and oxygen atoms in total. The van der Waals surface area contributed by atoms with Crippen LogP contribution in [-0.2, 0) is 6.18 Å². The van der Waals surface area contributed by atoms with E-state index in [1.54, 1.807) is 36.7 Å². The fourth-order valence-electron chi connectivity index (χ4n) is 2.77. The summed E-state index contributed by atoms with van der Waals surface area (Å²) in [6, 6.07) is 10.6. The van der Waals surface area contributed by atoms with E-state index >= 15 is 0 Å². The lowest BCUT2D eigenvalue weighted by molar-refractivity contribution is -0.141. The molecule has 2 heterocycles. The molecule has 0 radical (unpaired) electrons. The molecule has 0 aliphatic heterocycles. The number of hydrogen-bond acceptors (Lipinski definition) is 6. The number of pyridine rings is 2. The van der Waals surface area contributed by atoms with Gasteiger partial charge in [0, 0.05) is 35.5 Å². The van der Waals surface area contributed by atoms with Crippen LogP contribution in [0.5, 0.6) is 5.88 Å². The van der Waals surface area contributed by atoms with E-state index in [4.69, 9.17) is 4.18 Å². The van der Waals surface area contributed by atoms with Crippen LogP contribution in [0.4, 0.5) is 18.9 Å². The van der Waals surface area contributed by atoms with Crippen LogP contribution in [-0.4, -0.2) is 22.1 Å². The lowest BCUT2D eigenvalue weighted by Crippen LogP contribution is -2.15. The molecule has 158 valence electrons. The fraction of sp³-hybridized carbons (Fsp3) is 0.143. The maximum atomic E-state index is 12.8. The lowest BCUT2D eigenvalue weighted by Gasteiger charge is -2.12. The van der Waals surface area contributed by atoms with Gasteiger partial charge in [-0.25, -0.2) is 4.98 Å². The second-order valence-corrected chi connectivity index (χ2v) is 6.85. The monoisotopic (exact) mass is 444 g/mol. The third kappa shape index (κ3) is 5.13. The summed E-state index contributed by atoms with van der Waals surface area (Å²) in [6.45, 7) is 1.85. The molecule has 0 spiro atoms. The number of rotatable bonds is 5. The number of aromatic nitrogens is 2. The van der Waals surface area contributed by atoms with Crippen LogP contribution in [0, 0.1) is 18.3 Å². The van der Waals surface area contributed by atoms with Gasteiger partial charge in [-0.3, -0.25) is 9.78 Å². The van der Waals surface area contributed by atoms with Gasteiger partial charge >= 0.3 is 6.18 Å². The molecule has 31 heavy (non-hydrogen) atoms. The highest BCUT2D eigenvalue weighted by Crippen LogP contribution is 2.31. The molecule has 0 unspecified atom stereocenters. The van der Waals surface area contributed by atoms with Gasteiger partial charge in [0.1, 0.15) is 17.3 Å². The predicted molar refractivity (Wildman–Crippen MR) is 110 cm³/mol. The number of anilines is 1. The Morgan fingerprint density at radius 2 is 1.97 bits per heavy atom. The van der Waals surface area contributed by atoms with Crippen molar-refractivity contribution in [2.75, 3.05) is 11.6 Å². The molecule has 2 aromatic heterocycles. The normalized spacial score (nSPS) is 11.0. The molecule has 0 aliphatic rings. The fourth-order valence-corrected chi connectivity index (χ4v) is 3.06. The number of aryl methyl sites for hydroxylation is 1. The van der Waals surface area contributed by atoms with E-state index in [2.05, 4.69) is 15.3 Å². The minimum Gasteiger partial charge on any atom is -0.405 e. The van der Waals surface area contributed by atoms with Gasteiger partial charge in [0.2, 0.25) is 5.88 Å². The van der Waals surface area contributed by atoms with Crippen LogP contribution >= 0.6 is 12.0 Å². The van der Waals surface area contributed by atoms with Crippen molar-refractivity contribution < 1.29 is 22.1 Å². The maximum Gasteiger partial charge on any atom is 0.433 e. The van der Waals surface area contributed by atoms with Gasteiger partial charge in [-0.05, 0) is 48.4 Å². The first-order valence-electron chi connectivity index (χ1n) is 8.79. The first-order chi connectivity index (χ1) is 14.7. The topological polar surface area (TPSA) is 87.9 Å². The van der Waals surface area contributed by atoms with Crippen LogP contribution in [0.25, 0.3) is 11.1 Å². The van der Waals surface area contributed by atoms with Crippen molar-refractivity contribution in [2.45, 2.75) is 13.1 Å². The molecule has 0 bridgehead atoms. The first-order valence-corrected chi connectivity index (χ1v) is 9.94. The number of carbonyl (C=O) groups excluding carboxylic acids is 1. The third-order valence-electron chi connectivity index (χ3n) is 4.25. The quantitative estimate of drug-likeness (QED) is 0.541. The third-order valence-corrected chi connectivity index (χ3v) is 4.58. The Labute approximate surface area is 180 Å². The van der Waals surface area contributed by atoms with Crippen LogP contribution in [0.3, 0.4) is 0 Å². The highest BCUT2D eigenvalue weighted by Gasteiger charge is 2.33. The summed E-state index contributed by atoms with van der Waals surface area (Å²) in [5.41, 5.74) is 1.48. The molecule has 10 heteroatoms. The standard InChI is InChI=1S/C21H15F3N4O2S/c1-12-3-4-16(28-19(29)13-5-6-26-18(8-13)21(22,23)24)9-17(12)15-7-14(10-25)20(27-11-15)30-31-2/h3-9,11H,1-2H3,(H,28,29). The number of hydrogen-bond donors (Lipinski definition) is 1. The summed E-state index contributed by atoms with van der Waals surface area (Å²) >= 11 is 1.06. The van der Waals surface area contributed by atoms with Crippen molar-refractivity contribution in [1.29, 1.82) is 5.26 Å². The molecule has 1 N–H and O–H groups in total. The number of amides is 1. The molecule has 0 aliphatic carbocycles. The van der Waals surface area contributed by atoms with Crippen LogP contribution in [0.1, 0.15) is 27.2 Å². The average molecular weight is 444 g/mol. The molecule has 1 amide bonds. The summed E-state index contributed by atoms with van der Waals surface area (Å²) in [5.74, 6) is -0.513. The molecule has 0 saturated heterocycles. The van der Waals surface area contributed by atoms with Gasteiger partial charge in [-0.1, -0.05) is 6.07 Å². The molecule has 1 aromatic carbocycles. The molecule has 3 aromatic rings. The van der Waals surface area contributed by atoms with Crippen LogP contribution in [0.2, 0.25) is 0 Å². The number of alkyl halides is 3.